The molecular weight excluding hydrogens is 280 g/mol. The summed E-state index contributed by atoms with van der Waals surface area (Å²) in [5.74, 6) is 0. The van der Waals surface area contributed by atoms with E-state index in [1.165, 1.54) is 0 Å². The highest BCUT2D eigenvalue weighted by molar-refractivity contribution is 6.43. The van der Waals surface area contributed by atoms with Crippen LogP contribution >= 0.6 is 34.8 Å². The van der Waals surface area contributed by atoms with Crippen molar-refractivity contribution in [3.8, 4) is 11.3 Å². The van der Waals surface area contributed by atoms with Gasteiger partial charge in [0.25, 0.3) is 0 Å². The molecule has 0 bridgehead atoms. The third kappa shape index (κ3) is 2.44. The largest absolute Gasteiger partial charge is 0.298 e. The second-order valence-electron chi connectivity index (χ2n) is 3.29. The second kappa shape index (κ2) is 5.05. The van der Waals surface area contributed by atoms with Crippen LogP contribution in [0.3, 0.4) is 0 Å². The molecule has 2 nitrogen and oxygen atoms in total. The minimum atomic E-state index is 0.293. The fraction of sp³-hybridized carbons (Fsp3) is 0. The zero-order valence-corrected chi connectivity index (χ0v) is 10.7. The first-order chi connectivity index (χ1) is 8.13. The van der Waals surface area contributed by atoms with E-state index in [0.29, 0.717) is 38.3 Å². The zero-order valence-electron chi connectivity index (χ0n) is 8.45. The first-order valence-corrected chi connectivity index (χ1v) is 5.83. The first-order valence-electron chi connectivity index (χ1n) is 4.69. The molecule has 2 rings (SSSR count). The fourth-order valence-corrected chi connectivity index (χ4v) is 1.98. The number of nitrogens with zero attached hydrogens (tertiary/aromatic N) is 1. The second-order valence-corrected chi connectivity index (χ2v) is 4.46. The number of carbonyl (C=O) groups excluding carboxylic acids is 1. The lowest BCUT2D eigenvalue weighted by atomic mass is 10.1. The Balaban J connectivity index is 2.71. The molecule has 1 aromatic heterocycles. The molecule has 2 aromatic rings. The van der Waals surface area contributed by atoms with Gasteiger partial charge in [-0.05, 0) is 18.2 Å². The molecule has 0 aliphatic carbocycles. The Labute approximate surface area is 113 Å². The van der Waals surface area contributed by atoms with Crippen LogP contribution in [0.25, 0.3) is 11.3 Å². The maximum absolute atomic E-state index is 10.9. The Kier molecular flexibility index (Phi) is 3.67. The van der Waals surface area contributed by atoms with E-state index in [-0.39, 0.29) is 0 Å². The van der Waals surface area contributed by atoms with E-state index < -0.39 is 0 Å². The molecule has 86 valence electrons. The molecule has 0 amide bonds. The normalized spacial score (nSPS) is 10.3. The quantitative estimate of drug-likeness (QED) is 0.600. The summed E-state index contributed by atoms with van der Waals surface area (Å²) < 4.78 is 0. The maximum atomic E-state index is 10.9. The fourth-order valence-electron chi connectivity index (χ4n) is 1.44. The van der Waals surface area contributed by atoms with E-state index in [4.69, 9.17) is 34.8 Å². The molecule has 0 atom stereocenters. The molecule has 0 spiro atoms. The molecule has 0 fully saturated rings. The van der Waals surface area contributed by atoms with Gasteiger partial charge in [-0.15, -0.1) is 0 Å². The van der Waals surface area contributed by atoms with Gasteiger partial charge in [0.2, 0.25) is 0 Å². The van der Waals surface area contributed by atoms with Gasteiger partial charge in [0.1, 0.15) is 5.15 Å². The van der Waals surface area contributed by atoms with Gasteiger partial charge in [-0.2, -0.15) is 0 Å². The van der Waals surface area contributed by atoms with Crippen molar-refractivity contribution in [1.82, 2.24) is 4.98 Å². The molecule has 17 heavy (non-hydrogen) atoms. The SMILES string of the molecule is O=Cc1ccc(Cl)nc1-c1cccc(Cl)c1Cl. The summed E-state index contributed by atoms with van der Waals surface area (Å²) in [6.07, 6.45) is 0.704. The average Bonchev–Trinajstić information content (AvgIpc) is 2.33. The predicted molar refractivity (Wildman–Crippen MR) is 70.1 cm³/mol. The highest BCUT2D eigenvalue weighted by atomic mass is 35.5. The Morgan fingerprint density at radius 3 is 2.53 bits per heavy atom. The molecule has 0 N–H and O–H groups in total. The summed E-state index contributed by atoms with van der Waals surface area (Å²) in [4.78, 5) is 15.1. The number of aromatic nitrogens is 1. The summed E-state index contributed by atoms with van der Waals surface area (Å²) in [6, 6.07) is 8.28. The number of hydrogen-bond acceptors (Lipinski definition) is 2. The van der Waals surface area contributed by atoms with Crippen molar-refractivity contribution in [3.63, 3.8) is 0 Å². The van der Waals surface area contributed by atoms with Gasteiger partial charge in [0, 0.05) is 11.1 Å². The molecule has 0 saturated carbocycles. The van der Waals surface area contributed by atoms with Crippen LogP contribution in [-0.4, -0.2) is 11.3 Å². The zero-order chi connectivity index (χ0) is 12.4. The Bertz CT molecular complexity index is 584. The third-order valence-corrected chi connectivity index (χ3v) is 3.26. The van der Waals surface area contributed by atoms with Gasteiger partial charge >= 0.3 is 0 Å². The minimum Gasteiger partial charge on any atom is -0.298 e. The Morgan fingerprint density at radius 2 is 1.82 bits per heavy atom. The summed E-state index contributed by atoms with van der Waals surface area (Å²) in [6.45, 7) is 0. The summed E-state index contributed by atoms with van der Waals surface area (Å²) >= 11 is 17.8. The van der Waals surface area contributed by atoms with Gasteiger partial charge in [0.05, 0.1) is 15.7 Å². The van der Waals surface area contributed by atoms with Crippen molar-refractivity contribution in [2.24, 2.45) is 0 Å². The highest BCUT2D eigenvalue weighted by Gasteiger charge is 2.12. The number of halogens is 3. The Hall–Kier alpha value is -1.09. The average molecular weight is 287 g/mol. The number of carbonyl (C=O) groups is 1. The van der Waals surface area contributed by atoms with E-state index in [1.807, 2.05) is 0 Å². The smallest absolute Gasteiger partial charge is 0.152 e. The maximum Gasteiger partial charge on any atom is 0.152 e. The van der Waals surface area contributed by atoms with Crippen LogP contribution in [0.1, 0.15) is 10.4 Å². The number of benzene rings is 1. The van der Waals surface area contributed by atoms with E-state index in [2.05, 4.69) is 4.98 Å². The monoisotopic (exact) mass is 285 g/mol. The van der Waals surface area contributed by atoms with Crippen LogP contribution < -0.4 is 0 Å². The molecule has 1 aromatic carbocycles. The molecule has 0 aliphatic rings. The van der Waals surface area contributed by atoms with Gasteiger partial charge in [0.15, 0.2) is 6.29 Å². The van der Waals surface area contributed by atoms with Gasteiger partial charge in [-0.1, -0.05) is 46.9 Å². The number of pyridine rings is 1. The molecule has 1 heterocycles. The number of rotatable bonds is 2. The van der Waals surface area contributed by atoms with Crippen molar-refractivity contribution in [2.45, 2.75) is 0 Å². The van der Waals surface area contributed by atoms with Crippen LogP contribution in [-0.2, 0) is 0 Å². The van der Waals surface area contributed by atoms with E-state index >= 15 is 0 Å². The van der Waals surface area contributed by atoms with Gasteiger partial charge in [-0.25, -0.2) is 4.98 Å². The van der Waals surface area contributed by atoms with Crippen LogP contribution in [0, 0.1) is 0 Å². The van der Waals surface area contributed by atoms with Crippen molar-refractivity contribution in [2.75, 3.05) is 0 Å². The van der Waals surface area contributed by atoms with Crippen molar-refractivity contribution in [3.05, 3.63) is 51.1 Å². The third-order valence-electron chi connectivity index (χ3n) is 2.23. The summed E-state index contributed by atoms with van der Waals surface area (Å²) in [5.41, 5.74) is 1.43. The summed E-state index contributed by atoms with van der Waals surface area (Å²) in [7, 11) is 0. The Morgan fingerprint density at radius 1 is 1.06 bits per heavy atom. The lowest BCUT2D eigenvalue weighted by Crippen LogP contribution is -1.93. The molecule has 0 unspecified atom stereocenters. The van der Waals surface area contributed by atoms with Crippen LogP contribution in [0.15, 0.2) is 30.3 Å². The van der Waals surface area contributed by atoms with Crippen LogP contribution in [0.5, 0.6) is 0 Å². The lowest BCUT2D eigenvalue weighted by molar-refractivity contribution is 0.112. The highest BCUT2D eigenvalue weighted by Crippen LogP contribution is 2.34. The minimum absolute atomic E-state index is 0.293. The lowest BCUT2D eigenvalue weighted by Gasteiger charge is -2.07. The van der Waals surface area contributed by atoms with Gasteiger partial charge in [-0.3, -0.25) is 4.79 Å². The number of aldehydes is 1. The molecular formula is C12H6Cl3NO. The first kappa shape index (κ1) is 12.4. The van der Waals surface area contributed by atoms with E-state index in [9.17, 15) is 4.79 Å². The standard InChI is InChI=1S/C12H6Cl3NO/c13-9-3-1-2-8(11(9)15)12-7(6-17)4-5-10(14)16-12/h1-6H. The van der Waals surface area contributed by atoms with Crippen molar-refractivity contribution in [1.29, 1.82) is 0 Å². The van der Waals surface area contributed by atoms with Crippen molar-refractivity contribution < 1.29 is 4.79 Å². The van der Waals surface area contributed by atoms with Gasteiger partial charge < -0.3 is 0 Å². The van der Waals surface area contributed by atoms with E-state index in [1.54, 1.807) is 30.3 Å². The molecule has 0 saturated heterocycles. The van der Waals surface area contributed by atoms with Crippen LogP contribution in [0.2, 0.25) is 15.2 Å². The molecule has 0 radical (unpaired) electrons. The van der Waals surface area contributed by atoms with E-state index in [0.717, 1.165) is 0 Å². The number of hydrogen-bond donors (Lipinski definition) is 0. The van der Waals surface area contributed by atoms with Crippen molar-refractivity contribution >= 4 is 41.1 Å². The molecule has 5 heteroatoms. The summed E-state index contributed by atoms with van der Waals surface area (Å²) in [5, 5.41) is 1.05. The van der Waals surface area contributed by atoms with Crippen LogP contribution in [0.4, 0.5) is 0 Å². The topological polar surface area (TPSA) is 30.0 Å². The predicted octanol–water partition coefficient (Wildman–Crippen LogP) is 4.52. The molecule has 0 aliphatic heterocycles.